The number of nitrogens with zero attached hydrogens (tertiary/aromatic N) is 1. The van der Waals surface area contributed by atoms with Crippen molar-refractivity contribution in [1.29, 1.82) is 0 Å². The van der Waals surface area contributed by atoms with Gasteiger partial charge in [-0.2, -0.15) is 0 Å². The molecular weight excluding hydrogens is 310 g/mol. The first-order chi connectivity index (χ1) is 10.0. The summed E-state index contributed by atoms with van der Waals surface area (Å²) in [6, 6.07) is 9.94. The molecule has 0 aliphatic heterocycles. The van der Waals surface area contributed by atoms with E-state index in [1.54, 1.807) is 36.4 Å². The zero-order chi connectivity index (χ0) is 15.3. The molecule has 1 heterocycles. The zero-order valence-electron chi connectivity index (χ0n) is 11.5. The van der Waals surface area contributed by atoms with Crippen LogP contribution in [0.3, 0.4) is 0 Å². The predicted molar refractivity (Wildman–Crippen MR) is 83.9 cm³/mol. The lowest BCUT2D eigenvalue weighted by atomic mass is 10.2. The molecule has 0 spiro atoms. The second-order valence-electron chi connectivity index (χ2n) is 4.37. The van der Waals surface area contributed by atoms with E-state index < -0.39 is 10.0 Å². The molecular formula is C14H16ClN3O2S. The van der Waals surface area contributed by atoms with Crippen molar-refractivity contribution >= 4 is 27.4 Å². The van der Waals surface area contributed by atoms with E-state index >= 15 is 0 Å². The minimum absolute atomic E-state index is 0.0465. The van der Waals surface area contributed by atoms with Crippen molar-refractivity contribution in [3.63, 3.8) is 0 Å². The number of aromatic nitrogens is 1. The molecule has 5 nitrogen and oxygen atoms in total. The Bertz CT molecular complexity index is 705. The molecule has 1 aromatic carbocycles. The number of nitrogens with one attached hydrogen (secondary N) is 2. The summed E-state index contributed by atoms with van der Waals surface area (Å²) in [6.45, 7) is 3.37. The second-order valence-corrected chi connectivity index (χ2v) is 6.42. The first kappa shape index (κ1) is 15.8. The van der Waals surface area contributed by atoms with Gasteiger partial charge in [0.15, 0.2) is 0 Å². The van der Waals surface area contributed by atoms with Crippen molar-refractivity contribution in [3.05, 3.63) is 53.2 Å². The van der Waals surface area contributed by atoms with Crippen LogP contribution in [-0.2, 0) is 16.6 Å². The molecule has 0 unspecified atom stereocenters. The highest BCUT2D eigenvalue weighted by Gasteiger charge is 2.19. The number of rotatable bonds is 6. The molecule has 2 aromatic rings. The van der Waals surface area contributed by atoms with Gasteiger partial charge in [0.05, 0.1) is 5.02 Å². The van der Waals surface area contributed by atoms with Crippen molar-refractivity contribution < 1.29 is 8.42 Å². The molecule has 0 bridgehead atoms. The van der Waals surface area contributed by atoms with Crippen LogP contribution in [0.15, 0.2) is 47.5 Å². The molecule has 0 amide bonds. The Morgan fingerprint density at radius 1 is 1.24 bits per heavy atom. The van der Waals surface area contributed by atoms with Crippen LogP contribution in [0.2, 0.25) is 5.02 Å². The van der Waals surface area contributed by atoms with Gasteiger partial charge >= 0.3 is 0 Å². The van der Waals surface area contributed by atoms with Gasteiger partial charge < -0.3 is 5.32 Å². The minimum atomic E-state index is -3.76. The van der Waals surface area contributed by atoms with Crippen molar-refractivity contribution in [2.75, 3.05) is 11.3 Å². The monoisotopic (exact) mass is 325 g/mol. The number of anilines is 1. The van der Waals surface area contributed by atoms with E-state index in [1.807, 2.05) is 6.92 Å². The molecule has 0 fully saturated rings. The smallest absolute Gasteiger partial charge is 0.264 e. The molecule has 0 saturated heterocycles. The van der Waals surface area contributed by atoms with Gasteiger partial charge in [0.1, 0.15) is 10.7 Å². The fourth-order valence-electron chi connectivity index (χ4n) is 1.75. The maximum atomic E-state index is 12.4. The van der Waals surface area contributed by atoms with Crippen LogP contribution in [0.4, 0.5) is 5.82 Å². The fourth-order valence-corrected chi connectivity index (χ4v) is 3.31. The number of hydrogen-bond acceptors (Lipinski definition) is 4. The van der Waals surface area contributed by atoms with E-state index in [1.165, 1.54) is 6.20 Å². The molecule has 0 atom stereocenters. The largest absolute Gasteiger partial charge is 0.313 e. The van der Waals surface area contributed by atoms with Gasteiger partial charge in [-0.1, -0.05) is 30.7 Å². The average Bonchev–Trinajstić information content (AvgIpc) is 2.47. The molecule has 2 N–H and O–H groups in total. The second kappa shape index (κ2) is 6.89. The van der Waals surface area contributed by atoms with Crippen LogP contribution < -0.4 is 10.0 Å². The molecule has 2 rings (SSSR count). The van der Waals surface area contributed by atoms with Crippen LogP contribution in [0, 0.1) is 0 Å². The molecule has 21 heavy (non-hydrogen) atoms. The lowest BCUT2D eigenvalue weighted by Gasteiger charge is -2.10. The molecule has 112 valence electrons. The topological polar surface area (TPSA) is 71.1 Å². The van der Waals surface area contributed by atoms with Crippen molar-refractivity contribution in [2.45, 2.75) is 18.4 Å². The third kappa shape index (κ3) is 4.17. The highest BCUT2D eigenvalue weighted by molar-refractivity contribution is 7.92. The van der Waals surface area contributed by atoms with Crippen molar-refractivity contribution in [2.24, 2.45) is 0 Å². The maximum absolute atomic E-state index is 12.4. The average molecular weight is 326 g/mol. The summed E-state index contributed by atoms with van der Waals surface area (Å²) in [6.07, 6.45) is 1.51. The van der Waals surface area contributed by atoms with Gasteiger partial charge in [0, 0.05) is 12.7 Å². The Balaban J connectivity index is 2.30. The summed E-state index contributed by atoms with van der Waals surface area (Å²) in [5, 5.41) is 3.32. The van der Waals surface area contributed by atoms with Crippen molar-refractivity contribution in [1.82, 2.24) is 10.3 Å². The Morgan fingerprint density at radius 3 is 2.71 bits per heavy atom. The predicted octanol–water partition coefficient (Wildman–Crippen LogP) is 2.65. The van der Waals surface area contributed by atoms with E-state index in [9.17, 15) is 8.42 Å². The van der Waals surface area contributed by atoms with Gasteiger partial charge in [-0.05, 0) is 36.4 Å². The standard InChI is InChI=1S/C14H16ClN3O2S/c1-2-16-10-11-6-7-12(15)13(9-11)21(19,20)18-14-5-3-4-8-17-14/h3-9,16H,2,10H2,1H3,(H,17,18). The van der Waals surface area contributed by atoms with Crippen LogP contribution in [0.1, 0.15) is 12.5 Å². The summed E-state index contributed by atoms with van der Waals surface area (Å²) in [7, 11) is -3.76. The lowest BCUT2D eigenvalue weighted by molar-refractivity contribution is 0.600. The van der Waals surface area contributed by atoms with E-state index in [-0.39, 0.29) is 15.7 Å². The third-order valence-electron chi connectivity index (χ3n) is 2.77. The van der Waals surface area contributed by atoms with Crippen LogP contribution in [0.25, 0.3) is 0 Å². The molecule has 7 heteroatoms. The summed E-state index contributed by atoms with van der Waals surface area (Å²) in [4.78, 5) is 3.99. The number of benzene rings is 1. The van der Waals surface area contributed by atoms with E-state index in [0.717, 1.165) is 12.1 Å². The number of hydrogen-bond donors (Lipinski definition) is 2. The van der Waals surface area contributed by atoms with Crippen LogP contribution in [0.5, 0.6) is 0 Å². The number of sulfonamides is 1. The van der Waals surface area contributed by atoms with Crippen molar-refractivity contribution in [3.8, 4) is 0 Å². The van der Waals surface area contributed by atoms with Crippen LogP contribution in [-0.4, -0.2) is 19.9 Å². The lowest BCUT2D eigenvalue weighted by Crippen LogP contribution is -2.16. The maximum Gasteiger partial charge on any atom is 0.264 e. The first-order valence-electron chi connectivity index (χ1n) is 6.46. The Morgan fingerprint density at radius 2 is 2.05 bits per heavy atom. The van der Waals surface area contributed by atoms with Gasteiger partial charge in [-0.15, -0.1) is 0 Å². The van der Waals surface area contributed by atoms with Gasteiger partial charge in [-0.3, -0.25) is 4.72 Å². The Hall–Kier alpha value is -1.63. The van der Waals surface area contributed by atoms with E-state index in [2.05, 4.69) is 15.0 Å². The number of halogens is 1. The number of pyridine rings is 1. The summed E-state index contributed by atoms with van der Waals surface area (Å²) in [5.41, 5.74) is 0.850. The zero-order valence-corrected chi connectivity index (χ0v) is 13.1. The fraction of sp³-hybridized carbons (Fsp3) is 0.214. The van der Waals surface area contributed by atoms with Crippen LogP contribution >= 0.6 is 11.6 Å². The third-order valence-corrected chi connectivity index (χ3v) is 4.60. The first-order valence-corrected chi connectivity index (χ1v) is 8.32. The highest BCUT2D eigenvalue weighted by Crippen LogP contribution is 2.24. The molecule has 0 aliphatic rings. The molecule has 0 aliphatic carbocycles. The van der Waals surface area contributed by atoms with E-state index in [0.29, 0.717) is 6.54 Å². The Labute approximate surface area is 129 Å². The highest BCUT2D eigenvalue weighted by atomic mass is 35.5. The van der Waals surface area contributed by atoms with Gasteiger partial charge in [0.25, 0.3) is 10.0 Å². The summed E-state index contributed by atoms with van der Waals surface area (Å²) >= 11 is 6.02. The summed E-state index contributed by atoms with van der Waals surface area (Å²) in [5.74, 6) is 0.255. The molecule has 0 saturated carbocycles. The molecule has 0 radical (unpaired) electrons. The van der Waals surface area contributed by atoms with Gasteiger partial charge in [0.2, 0.25) is 0 Å². The quantitative estimate of drug-likeness (QED) is 0.856. The van der Waals surface area contributed by atoms with E-state index in [4.69, 9.17) is 11.6 Å². The summed E-state index contributed by atoms with van der Waals surface area (Å²) < 4.78 is 27.2. The SMILES string of the molecule is CCNCc1ccc(Cl)c(S(=O)(=O)Nc2ccccn2)c1. The Kier molecular flexibility index (Phi) is 5.17. The normalized spacial score (nSPS) is 11.3. The van der Waals surface area contributed by atoms with Gasteiger partial charge in [-0.25, -0.2) is 13.4 Å². The minimum Gasteiger partial charge on any atom is -0.313 e. The molecule has 1 aromatic heterocycles.